The molecule has 1 fully saturated rings. The van der Waals surface area contributed by atoms with Gasteiger partial charge in [0.25, 0.3) is 5.91 Å². The van der Waals surface area contributed by atoms with Gasteiger partial charge in [0.1, 0.15) is 11.5 Å². The molecule has 0 radical (unpaired) electrons. The summed E-state index contributed by atoms with van der Waals surface area (Å²) >= 11 is 0. The van der Waals surface area contributed by atoms with Crippen molar-refractivity contribution in [3.05, 3.63) is 47.8 Å². The Morgan fingerprint density at radius 2 is 2.14 bits per heavy atom. The van der Waals surface area contributed by atoms with Gasteiger partial charge in [-0.2, -0.15) is 0 Å². The van der Waals surface area contributed by atoms with Crippen molar-refractivity contribution < 1.29 is 23.7 Å². The molecule has 1 unspecified atom stereocenters. The van der Waals surface area contributed by atoms with Crippen molar-refractivity contribution in [2.45, 2.75) is 12.5 Å². The number of methoxy groups -OCH3 is 2. The monoisotopic (exact) mass is 508 g/mol. The lowest BCUT2D eigenvalue weighted by Gasteiger charge is -2.32. The molecule has 3 aliphatic heterocycles. The molecule has 1 aromatic carbocycles. The van der Waals surface area contributed by atoms with E-state index in [9.17, 15) is 4.79 Å². The second-order valence-corrected chi connectivity index (χ2v) is 8.90. The lowest BCUT2D eigenvalue weighted by atomic mass is 10.1. The summed E-state index contributed by atoms with van der Waals surface area (Å²) in [5, 5.41) is 2.91. The fraction of sp³-hybridized carbons (Fsp3) is 0.462. The van der Waals surface area contributed by atoms with Crippen molar-refractivity contribution >= 4 is 23.4 Å². The number of benzene rings is 1. The predicted molar refractivity (Wildman–Crippen MR) is 138 cm³/mol. The maximum Gasteiger partial charge on any atom is 0.259 e. The van der Waals surface area contributed by atoms with Crippen molar-refractivity contribution in [1.29, 1.82) is 0 Å². The Balaban J connectivity index is 1.31. The number of amides is 1. The summed E-state index contributed by atoms with van der Waals surface area (Å²) < 4.78 is 23.0. The van der Waals surface area contributed by atoms with Crippen LogP contribution in [-0.2, 0) is 9.47 Å². The normalized spacial score (nSPS) is 19.0. The Bertz CT molecular complexity index is 1170. The van der Waals surface area contributed by atoms with Gasteiger partial charge >= 0.3 is 0 Å². The molecule has 1 aromatic heterocycles. The molecule has 0 spiro atoms. The molecule has 0 aliphatic carbocycles. The molecule has 11 heteroatoms. The number of nitrogens with one attached hydrogen (secondary N) is 1. The number of carbonyl (C=O) groups is 1. The average Bonchev–Trinajstić information content (AvgIpc) is 3.43. The lowest BCUT2D eigenvalue weighted by Crippen LogP contribution is -2.47. The molecule has 1 amide bonds. The molecule has 5 rings (SSSR count). The summed E-state index contributed by atoms with van der Waals surface area (Å²) in [6.45, 7) is 5.80. The van der Waals surface area contributed by atoms with E-state index in [0.29, 0.717) is 61.6 Å². The minimum atomic E-state index is -0.292. The van der Waals surface area contributed by atoms with E-state index in [0.717, 1.165) is 37.5 Å². The molecule has 37 heavy (non-hydrogen) atoms. The van der Waals surface area contributed by atoms with Gasteiger partial charge in [0, 0.05) is 57.7 Å². The zero-order chi connectivity index (χ0) is 25.6. The van der Waals surface area contributed by atoms with Crippen molar-refractivity contribution in [2.75, 3.05) is 66.8 Å². The van der Waals surface area contributed by atoms with Crippen molar-refractivity contribution in [2.24, 2.45) is 9.98 Å². The molecule has 1 atom stereocenters. The fourth-order valence-corrected chi connectivity index (χ4v) is 4.65. The number of pyridine rings is 1. The van der Waals surface area contributed by atoms with Crippen molar-refractivity contribution in [3.63, 3.8) is 0 Å². The molecule has 1 N–H and O–H groups in total. The van der Waals surface area contributed by atoms with E-state index in [1.165, 1.54) is 6.20 Å². The number of fused-ring (bicyclic) bond motifs is 3. The Morgan fingerprint density at radius 3 is 2.95 bits per heavy atom. The van der Waals surface area contributed by atoms with Gasteiger partial charge in [0.2, 0.25) is 5.96 Å². The predicted octanol–water partition coefficient (Wildman–Crippen LogP) is 1.70. The summed E-state index contributed by atoms with van der Waals surface area (Å²) in [5.41, 5.74) is 1.87. The van der Waals surface area contributed by atoms with Gasteiger partial charge < -0.3 is 18.9 Å². The van der Waals surface area contributed by atoms with Crippen LogP contribution in [0.1, 0.15) is 22.3 Å². The van der Waals surface area contributed by atoms with Crippen LogP contribution < -0.4 is 14.8 Å². The van der Waals surface area contributed by atoms with Gasteiger partial charge in [0.05, 0.1) is 45.1 Å². The second kappa shape index (κ2) is 11.7. The van der Waals surface area contributed by atoms with Gasteiger partial charge in [-0.1, -0.05) is 0 Å². The maximum absolute atomic E-state index is 12.8. The Morgan fingerprint density at radius 1 is 1.22 bits per heavy atom. The van der Waals surface area contributed by atoms with Gasteiger partial charge in [-0.3, -0.25) is 29.9 Å². The maximum atomic E-state index is 12.8. The van der Waals surface area contributed by atoms with Crippen LogP contribution in [0.3, 0.4) is 0 Å². The van der Waals surface area contributed by atoms with Gasteiger partial charge in [-0.25, -0.2) is 4.99 Å². The number of nitrogens with zero attached hydrogens (tertiary/aromatic N) is 5. The fourth-order valence-electron chi connectivity index (χ4n) is 4.65. The summed E-state index contributed by atoms with van der Waals surface area (Å²) in [5.74, 6) is 1.95. The minimum absolute atomic E-state index is 0.0999. The highest BCUT2D eigenvalue weighted by atomic mass is 16.5. The third-order valence-electron chi connectivity index (χ3n) is 6.54. The highest BCUT2D eigenvalue weighted by Gasteiger charge is 2.33. The van der Waals surface area contributed by atoms with Crippen molar-refractivity contribution in [3.8, 4) is 11.5 Å². The van der Waals surface area contributed by atoms with Gasteiger partial charge in [-0.05, 0) is 24.3 Å². The van der Waals surface area contributed by atoms with E-state index in [4.69, 9.17) is 23.9 Å². The van der Waals surface area contributed by atoms with Crippen molar-refractivity contribution in [1.82, 2.24) is 20.1 Å². The van der Waals surface area contributed by atoms with Crippen LogP contribution in [0.25, 0.3) is 0 Å². The van der Waals surface area contributed by atoms with Crippen LogP contribution in [0.15, 0.2) is 46.6 Å². The van der Waals surface area contributed by atoms with Crippen LogP contribution in [0, 0.1) is 0 Å². The first-order chi connectivity index (χ1) is 18.2. The number of carbonyl (C=O) groups excluding carboxylic acids is 1. The number of ether oxygens (including phenoxy) is 4. The van der Waals surface area contributed by atoms with Crippen LogP contribution >= 0.6 is 0 Å². The average molecular weight is 509 g/mol. The Hall–Kier alpha value is -3.54. The minimum Gasteiger partial charge on any atom is -0.491 e. The molecule has 0 saturated carbocycles. The smallest absolute Gasteiger partial charge is 0.259 e. The second-order valence-electron chi connectivity index (χ2n) is 8.90. The SMILES string of the molecule is COCCN1CCOC(CCOc2ccc3c(c2OC)N=C(NC(=O)c2cccnc2)N2CCN=C32)C1. The Kier molecular flexibility index (Phi) is 7.93. The topological polar surface area (TPSA) is 110 Å². The molecule has 3 aliphatic rings. The number of aliphatic imine (C=N–C) groups is 2. The van der Waals surface area contributed by atoms with Crippen LogP contribution in [0.4, 0.5) is 5.69 Å². The number of morpholine rings is 1. The summed E-state index contributed by atoms with van der Waals surface area (Å²) in [7, 11) is 3.31. The molecule has 4 heterocycles. The molecule has 1 saturated heterocycles. The summed E-state index contributed by atoms with van der Waals surface area (Å²) in [6.07, 6.45) is 3.99. The van der Waals surface area contributed by atoms with Crippen LogP contribution in [-0.4, -0.2) is 105 Å². The van der Waals surface area contributed by atoms with Crippen LogP contribution in [0.2, 0.25) is 0 Å². The van der Waals surface area contributed by atoms with E-state index in [1.54, 1.807) is 32.5 Å². The Labute approximate surface area is 216 Å². The first-order valence-electron chi connectivity index (χ1n) is 12.5. The number of amidine groups is 1. The largest absolute Gasteiger partial charge is 0.491 e. The molecule has 196 valence electrons. The first-order valence-corrected chi connectivity index (χ1v) is 12.5. The number of rotatable bonds is 9. The molecule has 2 aromatic rings. The number of hydrogen-bond donors (Lipinski definition) is 1. The van der Waals surface area contributed by atoms with Gasteiger partial charge in [0.15, 0.2) is 11.5 Å². The highest BCUT2D eigenvalue weighted by molar-refractivity contribution is 6.20. The first kappa shape index (κ1) is 25.1. The molecule has 0 bridgehead atoms. The van der Waals surface area contributed by atoms with E-state index in [2.05, 4.69) is 20.2 Å². The third kappa shape index (κ3) is 5.58. The molecular weight excluding hydrogens is 476 g/mol. The third-order valence-corrected chi connectivity index (χ3v) is 6.54. The van der Waals surface area contributed by atoms with Gasteiger partial charge in [-0.15, -0.1) is 0 Å². The molecule has 11 nitrogen and oxygen atoms in total. The lowest BCUT2D eigenvalue weighted by molar-refractivity contribution is -0.0418. The number of hydrogen-bond acceptors (Lipinski definition) is 10. The molecular formula is C26H32N6O5. The van der Waals surface area contributed by atoms with E-state index >= 15 is 0 Å². The zero-order valence-electron chi connectivity index (χ0n) is 21.2. The quantitative estimate of drug-likeness (QED) is 0.545. The standard InChI is InChI=1S/C26H32N6O5/c1-34-14-11-31-12-15-36-19(17-31)7-13-37-21-6-5-20-22(23(21)35-2)29-26(32-10-9-28-24(20)32)30-25(33)18-4-3-8-27-16-18/h3-6,8,16,19H,7,9-15,17H2,1-2H3,(H,29,30,33). The number of aromatic nitrogens is 1. The highest BCUT2D eigenvalue weighted by Crippen LogP contribution is 2.43. The zero-order valence-corrected chi connectivity index (χ0v) is 21.2. The summed E-state index contributed by atoms with van der Waals surface area (Å²) in [6, 6.07) is 7.25. The van der Waals surface area contributed by atoms with E-state index in [1.807, 2.05) is 17.0 Å². The summed E-state index contributed by atoms with van der Waals surface area (Å²) in [4.78, 5) is 30.6. The van der Waals surface area contributed by atoms with E-state index in [-0.39, 0.29) is 12.0 Å². The van der Waals surface area contributed by atoms with Crippen LogP contribution in [0.5, 0.6) is 11.5 Å². The number of guanidine groups is 1. The van der Waals surface area contributed by atoms with E-state index < -0.39 is 0 Å².